The fraction of sp³-hybridized carbons (Fsp3) is 0.375. The molecule has 1 aromatic heterocycles. The Labute approximate surface area is 80.8 Å². The van der Waals surface area contributed by atoms with Gasteiger partial charge in [-0.2, -0.15) is 0 Å². The molecule has 0 aromatic carbocycles. The van der Waals surface area contributed by atoms with Crippen molar-refractivity contribution < 1.29 is 4.79 Å². The molecule has 3 N–H and O–H groups in total. The number of nitrogens with zero attached hydrogens (tertiary/aromatic N) is 1. The summed E-state index contributed by atoms with van der Waals surface area (Å²) in [5.41, 5.74) is -0.220. The summed E-state index contributed by atoms with van der Waals surface area (Å²) in [6.07, 6.45) is 1.66. The first-order valence-electron chi connectivity index (χ1n) is 4.21. The smallest absolute Gasteiger partial charge is 0.252 e. The average Bonchev–Trinajstić information content (AvgIpc) is 2.17. The number of rotatable bonds is 4. The Morgan fingerprint density at radius 2 is 2.43 bits per heavy atom. The van der Waals surface area contributed by atoms with Crippen molar-refractivity contribution >= 4 is 11.7 Å². The first-order chi connectivity index (χ1) is 6.72. The lowest BCUT2D eigenvalue weighted by Crippen LogP contribution is -2.21. The van der Waals surface area contributed by atoms with Crippen LogP contribution >= 0.6 is 0 Å². The molecule has 1 heterocycles. The van der Waals surface area contributed by atoms with Gasteiger partial charge in [-0.15, -0.1) is 0 Å². The molecule has 1 aromatic rings. The molecule has 1 amide bonds. The molecule has 0 saturated carbocycles. The van der Waals surface area contributed by atoms with E-state index in [4.69, 9.17) is 0 Å². The molecule has 0 radical (unpaired) electrons. The molecule has 0 aliphatic carbocycles. The molecule has 0 saturated heterocycles. The summed E-state index contributed by atoms with van der Waals surface area (Å²) in [6.45, 7) is 0.454. The van der Waals surface area contributed by atoms with Crippen molar-refractivity contribution in [3.05, 3.63) is 22.7 Å². The van der Waals surface area contributed by atoms with Crippen molar-refractivity contribution in [3.8, 4) is 0 Å². The number of aromatic amines is 1. The molecule has 6 heteroatoms. The molecule has 0 aliphatic rings. The Balaban J connectivity index is 2.39. The zero-order valence-corrected chi connectivity index (χ0v) is 7.83. The second-order valence-electron chi connectivity index (χ2n) is 2.65. The third kappa shape index (κ3) is 3.26. The molecule has 0 bridgehead atoms. The van der Waals surface area contributed by atoms with E-state index < -0.39 is 0 Å². The maximum absolute atomic E-state index is 10.8. The molecular weight excluding hydrogens is 184 g/mol. The predicted octanol–water partition coefficient (Wildman–Crippen LogP) is -0.682. The van der Waals surface area contributed by atoms with E-state index >= 15 is 0 Å². The van der Waals surface area contributed by atoms with Gasteiger partial charge in [0.2, 0.25) is 5.91 Å². The van der Waals surface area contributed by atoms with Gasteiger partial charge in [-0.05, 0) is 0 Å². The molecule has 76 valence electrons. The Hall–Kier alpha value is -1.85. The summed E-state index contributed by atoms with van der Waals surface area (Å²) < 4.78 is 0. The van der Waals surface area contributed by atoms with E-state index in [-0.39, 0.29) is 11.5 Å². The fourth-order valence-electron chi connectivity index (χ4n) is 0.894. The minimum Gasteiger partial charge on any atom is -0.369 e. The molecule has 1 rings (SSSR count). The van der Waals surface area contributed by atoms with Gasteiger partial charge in [-0.25, -0.2) is 4.98 Å². The van der Waals surface area contributed by atoms with Gasteiger partial charge in [0.1, 0.15) is 5.82 Å². The number of nitrogens with one attached hydrogen (secondary N) is 3. The van der Waals surface area contributed by atoms with Crippen LogP contribution in [0.1, 0.15) is 6.42 Å². The van der Waals surface area contributed by atoms with E-state index in [0.29, 0.717) is 18.8 Å². The van der Waals surface area contributed by atoms with Crippen molar-refractivity contribution in [2.45, 2.75) is 6.42 Å². The lowest BCUT2D eigenvalue weighted by molar-refractivity contribution is -0.120. The molecular formula is C8H12N4O2. The van der Waals surface area contributed by atoms with Crippen molar-refractivity contribution in [1.82, 2.24) is 15.3 Å². The Morgan fingerprint density at radius 3 is 3.07 bits per heavy atom. The van der Waals surface area contributed by atoms with E-state index in [1.165, 1.54) is 12.4 Å². The number of hydrogen-bond donors (Lipinski definition) is 3. The van der Waals surface area contributed by atoms with E-state index in [1.54, 1.807) is 7.05 Å². The maximum Gasteiger partial charge on any atom is 0.252 e. The van der Waals surface area contributed by atoms with Gasteiger partial charge < -0.3 is 15.6 Å². The van der Waals surface area contributed by atoms with Gasteiger partial charge >= 0.3 is 0 Å². The van der Waals surface area contributed by atoms with Gasteiger partial charge in [-0.3, -0.25) is 9.59 Å². The molecule has 0 unspecified atom stereocenters. The minimum absolute atomic E-state index is 0.0534. The van der Waals surface area contributed by atoms with Crippen LogP contribution in [-0.2, 0) is 4.79 Å². The summed E-state index contributed by atoms with van der Waals surface area (Å²) in [6, 6.07) is 1.34. The van der Waals surface area contributed by atoms with Gasteiger partial charge in [0.05, 0.1) is 6.33 Å². The SMILES string of the molecule is CNC(=O)CCNc1cc(=O)[nH]cn1. The molecule has 0 aliphatic heterocycles. The number of anilines is 1. The van der Waals surface area contributed by atoms with Gasteiger partial charge in [-0.1, -0.05) is 0 Å². The zero-order chi connectivity index (χ0) is 10.4. The van der Waals surface area contributed by atoms with Crippen molar-refractivity contribution in [2.75, 3.05) is 18.9 Å². The van der Waals surface area contributed by atoms with Crippen LogP contribution in [0.25, 0.3) is 0 Å². The molecule has 0 atom stereocenters. The highest BCUT2D eigenvalue weighted by atomic mass is 16.1. The topological polar surface area (TPSA) is 86.9 Å². The standard InChI is InChI=1S/C8H12N4O2/c1-9-7(13)2-3-10-6-4-8(14)12-5-11-6/h4-5H,2-3H2,1H3,(H,9,13)(H2,10,11,12,14). The monoisotopic (exact) mass is 196 g/mol. The number of hydrogen-bond acceptors (Lipinski definition) is 4. The first kappa shape index (κ1) is 10.2. The van der Waals surface area contributed by atoms with E-state index in [1.807, 2.05) is 0 Å². The number of amides is 1. The van der Waals surface area contributed by atoms with E-state index in [2.05, 4.69) is 20.6 Å². The second kappa shape index (κ2) is 5.00. The lowest BCUT2D eigenvalue weighted by atomic mass is 10.4. The summed E-state index contributed by atoms with van der Waals surface area (Å²) in [5.74, 6) is 0.417. The van der Waals surface area contributed by atoms with Crippen LogP contribution in [-0.4, -0.2) is 29.5 Å². The Bertz CT molecular complexity index is 360. The van der Waals surface area contributed by atoms with Crippen LogP contribution in [0.15, 0.2) is 17.2 Å². The van der Waals surface area contributed by atoms with Gasteiger partial charge in [0.25, 0.3) is 5.56 Å². The quantitative estimate of drug-likeness (QED) is 0.595. The van der Waals surface area contributed by atoms with Crippen LogP contribution in [0.2, 0.25) is 0 Å². The average molecular weight is 196 g/mol. The third-order valence-corrected chi connectivity index (χ3v) is 1.62. The predicted molar refractivity (Wildman–Crippen MR) is 52.0 cm³/mol. The van der Waals surface area contributed by atoms with E-state index in [9.17, 15) is 9.59 Å². The van der Waals surface area contributed by atoms with Crippen molar-refractivity contribution in [1.29, 1.82) is 0 Å². The Kier molecular flexibility index (Phi) is 3.66. The van der Waals surface area contributed by atoms with Gasteiger partial charge in [0.15, 0.2) is 0 Å². The van der Waals surface area contributed by atoms with E-state index in [0.717, 1.165) is 0 Å². The van der Waals surface area contributed by atoms with Crippen molar-refractivity contribution in [2.24, 2.45) is 0 Å². The zero-order valence-electron chi connectivity index (χ0n) is 7.83. The second-order valence-corrected chi connectivity index (χ2v) is 2.65. The fourth-order valence-corrected chi connectivity index (χ4v) is 0.894. The first-order valence-corrected chi connectivity index (χ1v) is 4.21. The van der Waals surface area contributed by atoms with Crippen LogP contribution in [0.5, 0.6) is 0 Å². The summed E-state index contributed by atoms with van der Waals surface area (Å²) in [7, 11) is 1.58. The summed E-state index contributed by atoms with van der Waals surface area (Å²) in [5, 5.41) is 5.35. The van der Waals surface area contributed by atoms with Gasteiger partial charge in [0, 0.05) is 26.1 Å². The van der Waals surface area contributed by atoms with Crippen LogP contribution < -0.4 is 16.2 Å². The maximum atomic E-state index is 10.8. The summed E-state index contributed by atoms with van der Waals surface area (Å²) >= 11 is 0. The lowest BCUT2D eigenvalue weighted by Gasteiger charge is -2.03. The molecule has 6 nitrogen and oxygen atoms in total. The minimum atomic E-state index is -0.220. The normalized spacial score (nSPS) is 9.50. The third-order valence-electron chi connectivity index (χ3n) is 1.62. The van der Waals surface area contributed by atoms with Crippen LogP contribution in [0, 0.1) is 0 Å². The highest BCUT2D eigenvalue weighted by molar-refractivity contribution is 5.75. The largest absolute Gasteiger partial charge is 0.369 e. The number of aromatic nitrogens is 2. The highest BCUT2D eigenvalue weighted by Crippen LogP contribution is 1.94. The van der Waals surface area contributed by atoms with Crippen LogP contribution in [0.3, 0.4) is 0 Å². The molecule has 14 heavy (non-hydrogen) atoms. The number of carbonyl (C=O) groups is 1. The highest BCUT2D eigenvalue weighted by Gasteiger charge is 1.98. The Morgan fingerprint density at radius 1 is 1.64 bits per heavy atom. The molecule has 0 fully saturated rings. The van der Waals surface area contributed by atoms with Crippen LogP contribution in [0.4, 0.5) is 5.82 Å². The number of carbonyl (C=O) groups excluding carboxylic acids is 1. The number of H-pyrrole nitrogens is 1. The summed E-state index contributed by atoms with van der Waals surface area (Å²) in [4.78, 5) is 27.9. The molecule has 0 spiro atoms. The van der Waals surface area contributed by atoms with Crippen molar-refractivity contribution in [3.63, 3.8) is 0 Å².